The summed E-state index contributed by atoms with van der Waals surface area (Å²) in [4.78, 5) is 28.5. The number of phenolic OH excluding ortho intramolecular Hbond substituents is 1. The Morgan fingerprint density at radius 3 is 2.36 bits per heavy atom. The molecule has 1 aliphatic rings. The van der Waals surface area contributed by atoms with Crippen LogP contribution in [-0.4, -0.2) is 70.8 Å². The van der Waals surface area contributed by atoms with Crippen LogP contribution in [0.3, 0.4) is 0 Å². The highest BCUT2D eigenvalue weighted by molar-refractivity contribution is 6.09. The summed E-state index contributed by atoms with van der Waals surface area (Å²) < 4.78 is 21.1. The third kappa shape index (κ3) is 6.57. The number of ether oxygens (including phenoxy) is 4. The van der Waals surface area contributed by atoms with Crippen molar-refractivity contribution in [3.8, 4) is 23.0 Å². The molecule has 4 rings (SSSR count). The predicted molar refractivity (Wildman–Crippen MR) is 147 cm³/mol. The first-order chi connectivity index (χ1) is 18.9. The van der Waals surface area contributed by atoms with Gasteiger partial charge in [-0.05, 0) is 60.2 Å². The molecular weight excluding hydrogens is 504 g/mol. The summed E-state index contributed by atoms with van der Waals surface area (Å²) in [6.07, 6.45) is 1.42. The maximum Gasteiger partial charge on any atom is 0.273 e. The lowest BCUT2D eigenvalue weighted by Crippen LogP contribution is -2.36. The van der Waals surface area contributed by atoms with Crippen molar-refractivity contribution >= 4 is 29.4 Å². The van der Waals surface area contributed by atoms with E-state index in [-0.39, 0.29) is 17.1 Å². The van der Waals surface area contributed by atoms with Crippen molar-refractivity contribution in [3.05, 3.63) is 71.3 Å². The quantitative estimate of drug-likeness (QED) is 0.282. The molecule has 3 aromatic carbocycles. The van der Waals surface area contributed by atoms with Gasteiger partial charge in [0, 0.05) is 24.3 Å². The number of morpholine rings is 1. The second-order valence-corrected chi connectivity index (χ2v) is 8.48. The fraction of sp³-hybridized carbons (Fsp3) is 0.250. The first-order valence-electron chi connectivity index (χ1n) is 12.1. The van der Waals surface area contributed by atoms with Gasteiger partial charge in [0.25, 0.3) is 11.8 Å². The molecule has 1 heterocycles. The minimum Gasteiger partial charge on any atom is -0.504 e. The molecule has 0 aliphatic carbocycles. The number of phenols is 1. The van der Waals surface area contributed by atoms with E-state index in [0.29, 0.717) is 54.6 Å². The predicted octanol–water partition coefficient (Wildman–Crippen LogP) is 3.27. The molecule has 0 bridgehead atoms. The van der Waals surface area contributed by atoms with Gasteiger partial charge in [0.15, 0.2) is 23.0 Å². The first-order valence-corrected chi connectivity index (χ1v) is 12.1. The van der Waals surface area contributed by atoms with Crippen molar-refractivity contribution in [1.29, 1.82) is 0 Å². The standard InChI is InChI=1S/C28H30N4O7/c1-36-24-9-5-19(15-26(24)38-3)27(34)30-22-7-6-20(32-10-12-39-13-11-32)16-21(22)28(35)31-29-17-18-4-8-23(33)25(14-18)37-2/h4-9,14-17,33H,10-13H2,1-3H3,(H,30,34)(H,31,35). The van der Waals surface area contributed by atoms with E-state index < -0.39 is 11.8 Å². The summed E-state index contributed by atoms with van der Waals surface area (Å²) in [6, 6.07) is 14.7. The van der Waals surface area contributed by atoms with Gasteiger partial charge in [-0.2, -0.15) is 5.10 Å². The molecule has 0 saturated carbocycles. The Hall–Kier alpha value is -4.77. The summed E-state index contributed by atoms with van der Waals surface area (Å²) in [7, 11) is 4.44. The second kappa shape index (κ2) is 12.7. The lowest BCUT2D eigenvalue weighted by Gasteiger charge is -2.29. The summed E-state index contributed by atoms with van der Waals surface area (Å²) in [5, 5.41) is 16.6. The molecule has 204 valence electrons. The number of benzene rings is 3. The van der Waals surface area contributed by atoms with Crippen LogP contribution in [0.25, 0.3) is 0 Å². The van der Waals surface area contributed by atoms with E-state index >= 15 is 0 Å². The highest BCUT2D eigenvalue weighted by atomic mass is 16.5. The SMILES string of the molecule is COc1cc(C=NNC(=O)c2cc(N3CCOCC3)ccc2NC(=O)c2ccc(OC)c(OC)c2)ccc1O. The molecular formula is C28H30N4O7. The molecule has 3 N–H and O–H groups in total. The molecule has 3 aromatic rings. The Morgan fingerprint density at radius 1 is 0.897 bits per heavy atom. The molecule has 0 spiro atoms. The van der Waals surface area contributed by atoms with E-state index in [1.54, 1.807) is 42.5 Å². The van der Waals surface area contributed by atoms with Crippen LogP contribution >= 0.6 is 0 Å². The number of amides is 2. The fourth-order valence-electron chi connectivity index (χ4n) is 4.02. The molecule has 1 aliphatic heterocycles. The van der Waals surface area contributed by atoms with Gasteiger partial charge < -0.3 is 34.3 Å². The molecule has 2 amide bonds. The average Bonchev–Trinajstić information content (AvgIpc) is 2.98. The van der Waals surface area contributed by atoms with E-state index in [1.807, 2.05) is 6.07 Å². The summed E-state index contributed by atoms with van der Waals surface area (Å²) in [5.41, 5.74) is 4.81. The van der Waals surface area contributed by atoms with Gasteiger partial charge in [-0.25, -0.2) is 5.43 Å². The van der Waals surface area contributed by atoms with Crippen molar-refractivity contribution in [2.24, 2.45) is 5.10 Å². The Morgan fingerprint density at radius 2 is 1.64 bits per heavy atom. The summed E-state index contributed by atoms with van der Waals surface area (Å²) in [6.45, 7) is 2.53. The van der Waals surface area contributed by atoms with Crippen LogP contribution in [0.2, 0.25) is 0 Å². The van der Waals surface area contributed by atoms with Gasteiger partial charge in [0.1, 0.15) is 0 Å². The molecule has 0 radical (unpaired) electrons. The van der Waals surface area contributed by atoms with Crippen LogP contribution < -0.4 is 29.9 Å². The van der Waals surface area contributed by atoms with Crippen LogP contribution in [-0.2, 0) is 4.74 Å². The van der Waals surface area contributed by atoms with Crippen LogP contribution in [0.4, 0.5) is 11.4 Å². The van der Waals surface area contributed by atoms with E-state index in [2.05, 4.69) is 20.7 Å². The average molecular weight is 535 g/mol. The first kappa shape index (κ1) is 27.3. The number of carbonyl (C=O) groups excluding carboxylic acids is 2. The minimum atomic E-state index is -0.519. The Labute approximate surface area is 225 Å². The van der Waals surface area contributed by atoms with Crippen LogP contribution in [0.15, 0.2) is 59.7 Å². The van der Waals surface area contributed by atoms with E-state index in [1.165, 1.54) is 33.6 Å². The monoisotopic (exact) mass is 534 g/mol. The van der Waals surface area contributed by atoms with Crippen LogP contribution in [0.5, 0.6) is 23.0 Å². The lowest BCUT2D eigenvalue weighted by molar-refractivity contribution is 0.0956. The number of hydrogen-bond donors (Lipinski definition) is 3. The van der Waals surface area contributed by atoms with Gasteiger partial charge in [-0.3, -0.25) is 9.59 Å². The van der Waals surface area contributed by atoms with Crippen molar-refractivity contribution in [3.63, 3.8) is 0 Å². The lowest BCUT2D eigenvalue weighted by atomic mass is 10.1. The number of carbonyl (C=O) groups is 2. The molecule has 0 unspecified atom stereocenters. The zero-order chi connectivity index (χ0) is 27.8. The summed E-state index contributed by atoms with van der Waals surface area (Å²) in [5.74, 6) is 0.231. The molecule has 0 atom stereocenters. The highest BCUT2D eigenvalue weighted by Crippen LogP contribution is 2.29. The number of anilines is 2. The highest BCUT2D eigenvalue weighted by Gasteiger charge is 2.19. The second-order valence-electron chi connectivity index (χ2n) is 8.48. The number of hydrogen-bond acceptors (Lipinski definition) is 9. The van der Waals surface area contributed by atoms with Crippen LogP contribution in [0.1, 0.15) is 26.3 Å². The number of aromatic hydroxyl groups is 1. The molecule has 1 saturated heterocycles. The maximum absolute atomic E-state index is 13.2. The Bertz CT molecular complexity index is 1370. The maximum atomic E-state index is 13.2. The Kier molecular flexibility index (Phi) is 8.85. The van der Waals surface area contributed by atoms with Crippen molar-refractivity contribution in [1.82, 2.24) is 5.43 Å². The molecule has 39 heavy (non-hydrogen) atoms. The van der Waals surface area contributed by atoms with Gasteiger partial charge in [-0.15, -0.1) is 0 Å². The van der Waals surface area contributed by atoms with E-state index in [9.17, 15) is 14.7 Å². The van der Waals surface area contributed by atoms with E-state index in [0.717, 1.165) is 5.69 Å². The van der Waals surface area contributed by atoms with Gasteiger partial charge in [-0.1, -0.05) is 0 Å². The largest absolute Gasteiger partial charge is 0.504 e. The van der Waals surface area contributed by atoms with Gasteiger partial charge >= 0.3 is 0 Å². The fourth-order valence-corrected chi connectivity index (χ4v) is 4.02. The van der Waals surface area contributed by atoms with Gasteiger partial charge in [0.2, 0.25) is 0 Å². The van der Waals surface area contributed by atoms with Crippen LogP contribution in [0, 0.1) is 0 Å². The number of rotatable bonds is 9. The normalized spacial score (nSPS) is 13.2. The third-order valence-corrected chi connectivity index (χ3v) is 6.10. The zero-order valence-corrected chi connectivity index (χ0v) is 21.9. The summed E-state index contributed by atoms with van der Waals surface area (Å²) >= 11 is 0. The zero-order valence-electron chi connectivity index (χ0n) is 21.9. The number of nitrogens with one attached hydrogen (secondary N) is 2. The molecule has 11 nitrogen and oxygen atoms in total. The minimum absolute atomic E-state index is 0.00604. The molecule has 11 heteroatoms. The number of methoxy groups -OCH3 is 3. The third-order valence-electron chi connectivity index (χ3n) is 6.10. The smallest absolute Gasteiger partial charge is 0.273 e. The molecule has 1 fully saturated rings. The Balaban J connectivity index is 1.59. The number of hydrazone groups is 1. The van der Waals surface area contributed by atoms with Gasteiger partial charge in [0.05, 0.1) is 52.0 Å². The van der Waals surface area contributed by atoms with Crippen molar-refractivity contribution < 1.29 is 33.6 Å². The molecule has 0 aromatic heterocycles. The number of nitrogens with zero attached hydrogens (tertiary/aromatic N) is 2. The topological polar surface area (TPSA) is 131 Å². The van der Waals surface area contributed by atoms with E-state index in [4.69, 9.17) is 18.9 Å². The van der Waals surface area contributed by atoms with Crippen molar-refractivity contribution in [2.45, 2.75) is 0 Å². The van der Waals surface area contributed by atoms with Crippen molar-refractivity contribution in [2.75, 3.05) is 57.8 Å².